The van der Waals surface area contributed by atoms with E-state index in [0.717, 1.165) is 24.3 Å². The zero-order valence-electron chi connectivity index (χ0n) is 24.0. The molecule has 49 heavy (non-hydrogen) atoms. The first-order valence-electron chi connectivity index (χ1n) is 13.2. The molecule has 1 aliphatic rings. The van der Waals surface area contributed by atoms with Crippen LogP contribution in [0, 0.1) is 0 Å². The topological polar surface area (TPSA) is 305 Å². The minimum absolute atomic E-state index is 0.0232. The normalized spacial score (nSPS) is 13.9. The number of aromatic hydroxyl groups is 1. The van der Waals surface area contributed by atoms with E-state index in [9.17, 15) is 53.6 Å². The zero-order valence-corrected chi connectivity index (χ0v) is 26.4. The van der Waals surface area contributed by atoms with Crippen LogP contribution in [0.2, 0.25) is 0 Å². The number of rotatable bonds is 7. The van der Waals surface area contributed by atoms with Gasteiger partial charge in [0, 0.05) is 21.5 Å². The van der Waals surface area contributed by atoms with Gasteiger partial charge in [-0.15, -0.1) is 15.3 Å². The number of anilines is 1. The smallest absolute Gasteiger partial charge is 0.296 e. The maximum absolute atomic E-state index is 12.3. The molecule has 7 N–H and O–H groups in total. The highest BCUT2D eigenvalue weighted by Gasteiger charge is 2.27. The second-order valence-corrected chi connectivity index (χ2v) is 14.5. The molecule has 250 valence electrons. The molecule has 21 heteroatoms. The standard InChI is InChI=1S/C28H18N6O12S3/c29-24-18-11-23(49(44,45)46)25(26(35)15(18)5-8-22(24)48(41,42)43)34-33-21-7-6-20(14-4-2-13(10-17(14)21)47(38,39)40)32-31-12-1-3-16-19(9-12)28(37)30-27(16)36/h1-11,35H,29H2,(H,30,36,37)(H,38,39,40)(H,41,42,43)(H,44,45,46)/b32-31+,34-33+. The molecular formula is C28H18N6O12S3. The highest BCUT2D eigenvalue weighted by Crippen LogP contribution is 2.45. The first kappa shape index (κ1) is 33.2. The fraction of sp³-hybridized carbons (Fsp3) is 0. The van der Waals surface area contributed by atoms with Gasteiger partial charge < -0.3 is 10.8 Å². The number of hydrogen-bond acceptors (Lipinski definition) is 14. The molecule has 0 unspecified atom stereocenters. The van der Waals surface area contributed by atoms with Crippen molar-refractivity contribution in [2.45, 2.75) is 14.7 Å². The van der Waals surface area contributed by atoms with Crippen molar-refractivity contribution in [3.05, 3.63) is 77.9 Å². The maximum atomic E-state index is 12.3. The maximum Gasteiger partial charge on any atom is 0.296 e. The first-order valence-corrected chi connectivity index (χ1v) is 17.6. The number of benzene rings is 5. The van der Waals surface area contributed by atoms with Gasteiger partial charge >= 0.3 is 0 Å². The highest BCUT2D eigenvalue weighted by molar-refractivity contribution is 7.86. The molecule has 0 aromatic heterocycles. The Morgan fingerprint density at radius 3 is 1.84 bits per heavy atom. The fourth-order valence-corrected chi connectivity index (χ4v) is 6.79. The number of imide groups is 1. The molecule has 18 nitrogen and oxygen atoms in total. The number of phenolic OH excluding ortho intramolecular Hbond substituents is 1. The number of carbonyl (C=O) groups excluding carboxylic acids is 2. The average Bonchev–Trinajstić information content (AvgIpc) is 3.30. The van der Waals surface area contributed by atoms with Crippen LogP contribution in [-0.4, -0.2) is 55.8 Å². The largest absolute Gasteiger partial charge is 0.505 e. The van der Waals surface area contributed by atoms with E-state index in [1.54, 1.807) is 0 Å². The molecule has 0 bridgehead atoms. The lowest BCUT2D eigenvalue weighted by atomic mass is 10.1. The predicted octanol–water partition coefficient (Wildman–Crippen LogP) is 4.74. The first-order chi connectivity index (χ1) is 22.8. The minimum atomic E-state index is -5.20. The second kappa shape index (κ2) is 11.5. The summed E-state index contributed by atoms with van der Waals surface area (Å²) in [6.07, 6.45) is 0. The summed E-state index contributed by atoms with van der Waals surface area (Å²) < 4.78 is 101. The van der Waals surface area contributed by atoms with E-state index < -0.39 is 74.0 Å². The fourth-order valence-electron chi connectivity index (χ4n) is 5.00. The van der Waals surface area contributed by atoms with Crippen LogP contribution >= 0.6 is 0 Å². The van der Waals surface area contributed by atoms with Crippen LogP contribution in [0.15, 0.2) is 102 Å². The second-order valence-electron chi connectivity index (χ2n) is 10.3. The van der Waals surface area contributed by atoms with Crippen LogP contribution in [0.25, 0.3) is 21.5 Å². The van der Waals surface area contributed by atoms with Crippen molar-refractivity contribution < 1.29 is 53.6 Å². The van der Waals surface area contributed by atoms with Gasteiger partial charge in [-0.05, 0) is 60.7 Å². The number of carbonyl (C=O) groups is 2. The summed E-state index contributed by atoms with van der Waals surface area (Å²) in [7, 11) is -14.8. The van der Waals surface area contributed by atoms with E-state index >= 15 is 0 Å². The van der Waals surface area contributed by atoms with E-state index in [1.165, 1.54) is 36.4 Å². The predicted molar refractivity (Wildman–Crippen MR) is 170 cm³/mol. The van der Waals surface area contributed by atoms with Gasteiger partial charge in [-0.3, -0.25) is 28.6 Å². The van der Waals surface area contributed by atoms with Gasteiger partial charge in [-0.25, -0.2) is 0 Å². The average molecular weight is 727 g/mol. The number of amides is 2. The molecule has 0 aliphatic carbocycles. The number of nitrogens with zero attached hydrogens (tertiary/aromatic N) is 4. The van der Waals surface area contributed by atoms with Crippen LogP contribution in [0.4, 0.5) is 28.4 Å². The lowest BCUT2D eigenvalue weighted by Crippen LogP contribution is -2.19. The summed E-state index contributed by atoms with van der Waals surface area (Å²) in [6, 6.07) is 12.6. The van der Waals surface area contributed by atoms with Gasteiger partial charge in [0.05, 0.1) is 38.8 Å². The molecule has 5 aromatic carbocycles. The number of fused-ring (bicyclic) bond motifs is 3. The number of nitrogens with two attached hydrogens (primary N) is 1. The molecule has 0 saturated carbocycles. The molecule has 5 aromatic rings. The van der Waals surface area contributed by atoms with Crippen molar-refractivity contribution in [3.8, 4) is 5.75 Å². The van der Waals surface area contributed by atoms with Crippen molar-refractivity contribution in [1.29, 1.82) is 0 Å². The van der Waals surface area contributed by atoms with E-state index in [-0.39, 0.29) is 49.7 Å². The van der Waals surface area contributed by atoms with Crippen molar-refractivity contribution in [1.82, 2.24) is 5.32 Å². The molecule has 0 atom stereocenters. The molecule has 0 saturated heterocycles. The van der Waals surface area contributed by atoms with Crippen LogP contribution < -0.4 is 11.1 Å². The Balaban J connectivity index is 1.50. The van der Waals surface area contributed by atoms with Crippen molar-refractivity contribution in [3.63, 3.8) is 0 Å². The van der Waals surface area contributed by atoms with Gasteiger partial charge in [-0.2, -0.15) is 30.4 Å². The molecular weight excluding hydrogens is 709 g/mol. The van der Waals surface area contributed by atoms with E-state index in [2.05, 4.69) is 25.8 Å². The summed E-state index contributed by atoms with van der Waals surface area (Å²) in [6.45, 7) is 0. The van der Waals surface area contributed by atoms with E-state index in [0.29, 0.717) is 6.07 Å². The van der Waals surface area contributed by atoms with Crippen LogP contribution in [0.5, 0.6) is 5.75 Å². The third-order valence-electron chi connectivity index (χ3n) is 7.28. The summed E-state index contributed by atoms with van der Waals surface area (Å²) in [4.78, 5) is 21.4. The molecule has 0 radical (unpaired) electrons. The molecule has 0 fully saturated rings. The summed E-state index contributed by atoms with van der Waals surface area (Å²) in [5.74, 6) is -2.10. The van der Waals surface area contributed by atoms with Gasteiger partial charge in [0.25, 0.3) is 42.2 Å². The SMILES string of the molecule is Nc1c(S(=O)(=O)O)ccc2c(O)c(/N=N/c3ccc(/N=N/c4ccc5c(c4)C(=O)NC5=O)c4ccc(S(=O)(=O)O)cc34)c(S(=O)(=O)O)cc12. The van der Waals surface area contributed by atoms with Gasteiger partial charge in [0.15, 0.2) is 5.75 Å². The van der Waals surface area contributed by atoms with Gasteiger partial charge in [0.1, 0.15) is 15.5 Å². The Kier molecular flexibility index (Phi) is 7.77. The highest BCUT2D eigenvalue weighted by atomic mass is 32.2. The van der Waals surface area contributed by atoms with Crippen LogP contribution in [-0.2, 0) is 30.4 Å². The van der Waals surface area contributed by atoms with Crippen LogP contribution in [0.1, 0.15) is 20.7 Å². The third-order valence-corrected chi connectivity index (χ3v) is 9.91. The summed E-state index contributed by atoms with van der Waals surface area (Å²) >= 11 is 0. The van der Waals surface area contributed by atoms with E-state index in [4.69, 9.17) is 5.73 Å². The van der Waals surface area contributed by atoms with E-state index in [1.807, 2.05) is 0 Å². The quantitative estimate of drug-likeness (QED) is 0.0572. The number of phenols is 1. The number of hydrogen-bond donors (Lipinski definition) is 6. The molecule has 0 spiro atoms. The summed E-state index contributed by atoms with van der Waals surface area (Å²) in [5, 5.41) is 28.7. The summed E-state index contributed by atoms with van der Waals surface area (Å²) in [5.41, 5.74) is 4.74. The molecule has 1 heterocycles. The lowest BCUT2D eigenvalue weighted by molar-refractivity contribution is 0.0879. The van der Waals surface area contributed by atoms with Gasteiger partial charge in [0.2, 0.25) is 0 Å². The number of azo groups is 2. The lowest BCUT2D eigenvalue weighted by Gasteiger charge is -2.12. The molecule has 1 aliphatic heterocycles. The Labute approximate surface area is 274 Å². The number of nitrogen functional groups attached to an aromatic ring is 1. The Morgan fingerprint density at radius 1 is 0.571 bits per heavy atom. The third kappa shape index (κ3) is 6.08. The van der Waals surface area contributed by atoms with Crippen LogP contribution in [0.3, 0.4) is 0 Å². The monoisotopic (exact) mass is 726 g/mol. The molecule has 6 rings (SSSR count). The molecule has 2 amide bonds. The van der Waals surface area contributed by atoms with Crippen molar-refractivity contribution in [2.24, 2.45) is 20.5 Å². The number of nitrogens with one attached hydrogen (secondary N) is 1. The Hall–Kier alpha value is -5.71. The zero-order chi connectivity index (χ0) is 35.6. The van der Waals surface area contributed by atoms with Crippen molar-refractivity contribution in [2.75, 3.05) is 5.73 Å². The Bertz CT molecular complexity index is 2730. The van der Waals surface area contributed by atoms with Crippen molar-refractivity contribution >= 4 is 92.2 Å². The van der Waals surface area contributed by atoms with Gasteiger partial charge in [-0.1, -0.05) is 6.07 Å². The Morgan fingerprint density at radius 2 is 1.18 bits per heavy atom. The minimum Gasteiger partial charge on any atom is -0.505 e.